The van der Waals surface area contributed by atoms with Crippen molar-refractivity contribution in [3.05, 3.63) is 70.3 Å². The first-order valence-corrected chi connectivity index (χ1v) is 10.0. The summed E-state index contributed by atoms with van der Waals surface area (Å²) in [6, 6.07) is 10.8. The normalized spacial score (nSPS) is 10.8. The molecule has 5 nitrogen and oxygen atoms in total. The fourth-order valence-electron chi connectivity index (χ4n) is 2.88. The maximum absolute atomic E-state index is 12.7. The van der Waals surface area contributed by atoms with Gasteiger partial charge in [0, 0.05) is 16.3 Å². The van der Waals surface area contributed by atoms with E-state index >= 15 is 0 Å². The molecule has 1 N–H and O–H groups in total. The van der Waals surface area contributed by atoms with Gasteiger partial charge in [-0.25, -0.2) is 0 Å². The molecule has 0 aliphatic rings. The number of nitrogens with one attached hydrogen (secondary N) is 1. The van der Waals surface area contributed by atoms with E-state index in [4.69, 9.17) is 21.1 Å². The maximum atomic E-state index is 12.7. The second-order valence-electron chi connectivity index (χ2n) is 6.45. The number of hydrogen-bond acceptors (Lipinski definition) is 4. The Balaban J connectivity index is 2.44. The van der Waals surface area contributed by atoms with Gasteiger partial charge < -0.3 is 14.8 Å². The topological polar surface area (TPSA) is 71.4 Å². The summed E-state index contributed by atoms with van der Waals surface area (Å²) in [5.41, 5.74) is 2.90. The van der Waals surface area contributed by atoms with Crippen molar-refractivity contribution in [1.29, 1.82) is 5.26 Å². The number of amides is 1. The second kappa shape index (κ2) is 11.1. The van der Waals surface area contributed by atoms with E-state index in [-0.39, 0.29) is 5.57 Å². The number of aryl methyl sites for hydroxylation is 1. The van der Waals surface area contributed by atoms with Crippen molar-refractivity contribution in [3.8, 4) is 17.6 Å². The van der Waals surface area contributed by atoms with Gasteiger partial charge in [-0.1, -0.05) is 23.7 Å². The number of halogens is 1. The quantitative estimate of drug-likeness (QED) is 0.317. The molecule has 0 aliphatic heterocycles. The van der Waals surface area contributed by atoms with Gasteiger partial charge in [0.15, 0.2) is 11.5 Å². The molecule has 156 valence electrons. The van der Waals surface area contributed by atoms with E-state index in [1.54, 1.807) is 30.3 Å². The van der Waals surface area contributed by atoms with Crippen LogP contribution in [0.2, 0.25) is 5.02 Å². The molecule has 0 spiro atoms. The van der Waals surface area contributed by atoms with E-state index in [9.17, 15) is 10.1 Å². The predicted octanol–water partition coefficient (Wildman–Crippen LogP) is 5.72. The summed E-state index contributed by atoms with van der Waals surface area (Å²) < 4.78 is 11.5. The van der Waals surface area contributed by atoms with Gasteiger partial charge in [-0.05, 0) is 68.7 Å². The van der Waals surface area contributed by atoms with E-state index in [0.717, 1.165) is 11.1 Å². The summed E-state index contributed by atoms with van der Waals surface area (Å²) >= 11 is 6.01. The van der Waals surface area contributed by atoms with Crippen molar-refractivity contribution in [3.63, 3.8) is 0 Å². The number of rotatable bonds is 9. The average molecular weight is 425 g/mol. The zero-order valence-electron chi connectivity index (χ0n) is 17.4. The van der Waals surface area contributed by atoms with Crippen molar-refractivity contribution in [2.24, 2.45) is 0 Å². The highest BCUT2D eigenvalue weighted by molar-refractivity contribution is 6.31. The molecular weight excluding hydrogens is 400 g/mol. The van der Waals surface area contributed by atoms with Gasteiger partial charge in [0.25, 0.3) is 5.91 Å². The lowest BCUT2D eigenvalue weighted by atomic mass is 10.0. The van der Waals surface area contributed by atoms with Crippen LogP contribution in [-0.4, -0.2) is 19.1 Å². The van der Waals surface area contributed by atoms with Crippen LogP contribution in [-0.2, 0) is 11.2 Å². The second-order valence-corrected chi connectivity index (χ2v) is 6.89. The Morgan fingerprint density at radius 1 is 1.23 bits per heavy atom. The molecule has 6 heteroatoms. The Kier molecular flexibility index (Phi) is 8.52. The monoisotopic (exact) mass is 424 g/mol. The van der Waals surface area contributed by atoms with Gasteiger partial charge in [-0.15, -0.1) is 6.58 Å². The van der Waals surface area contributed by atoms with Crippen LogP contribution in [0.15, 0.2) is 48.6 Å². The van der Waals surface area contributed by atoms with Crippen LogP contribution in [0.1, 0.15) is 30.5 Å². The van der Waals surface area contributed by atoms with Crippen molar-refractivity contribution in [1.82, 2.24) is 0 Å². The summed E-state index contributed by atoms with van der Waals surface area (Å²) in [5, 5.41) is 12.8. The summed E-state index contributed by atoms with van der Waals surface area (Å²) in [6.45, 7) is 10.4. The number of ether oxygens (including phenoxy) is 2. The molecule has 0 heterocycles. The maximum Gasteiger partial charge on any atom is 0.266 e. The number of nitrogens with zero attached hydrogens (tertiary/aromatic N) is 1. The standard InChI is InChI=1S/C24H25ClN2O3/c1-5-8-18-11-17(13-22(29-6-2)23(18)30-7-3)12-19(15-26)24(28)27-21-14-20(25)10-9-16(21)4/h5,9-14H,1,6-8H2,2-4H3,(H,27,28)/b19-12-. The molecule has 0 radical (unpaired) electrons. The smallest absolute Gasteiger partial charge is 0.266 e. The number of carbonyl (C=O) groups is 1. The summed E-state index contributed by atoms with van der Waals surface area (Å²) in [6.07, 6.45) is 3.85. The van der Waals surface area contributed by atoms with Gasteiger partial charge in [-0.3, -0.25) is 4.79 Å². The molecule has 2 rings (SSSR count). The lowest BCUT2D eigenvalue weighted by Gasteiger charge is -2.16. The van der Waals surface area contributed by atoms with Gasteiger partial charge >= 0.3 is 0 Å². The zero-order chi connectivity index (χ0) is 22.1. The van der Waals surface area contributed by atoms with Crippen LogP contribution in [0.3, 0.4) is 0 Å². The van der Waals surface area contributed by atoms with Crippen LogP contribution in [0, 0.1) is 18.3 Å². The first-order valence-electron chi connectivity index (χ1n) is 9.66. The molecular formula is C24H25ClN2O3. The Hall–Kier alpha value is -3.23. The van der Waals surface area contributed by atoms with Crippen LogP contribution < -0.4 is 14.8 Å². The molecule has 30 heavy (non-hydrogen) atoms. The minimum atomic E-state index is -0.514. The van der Waals surface area contributed by atoms with Gasteiger partial charge in [-0.2, -0.15) is 5.26 Å². The number of benzene rings is 2. The Labute approximate surface area is 182 Å². The van der Waals surface area contributed by atoms with Crippen LogP contribution >= 0.6 is 11.6 Å². The molecule has 1 amide bonds. The summed E-state index contributed by atoms with van der Waals surface area (Å²) in [4.78, 5) is 12.7. The van der Waals surface area contributed by atoms with Crippen LogP contribution in [0.25, 0.3) is 6.08 Å². The molecule has 2 aromatic carbocycles. The molecule has 0 aromatic heterocycles. The number of anilines is 1. The molecule has 0 fully saturated rings. The number of nitriles is 1. The molecule has 0 saturated heterocycles. The lowest BCUT2D eigenvalue weighted by molar-refractivity contribution is -0.112. The van der Waals surface area contributed by atoms with E-state index in [1.807, 2.05) is 32.9 Å². The molecule has 0 unspecified atom stereocenters. The third-order valence-electron chi connectivity index (χ3n) is 4.23. The van der Waals surface area contributed by atoms with Crippen molar-refractivity contribution in [2.75, 3.05) is 18.5 Å². The Bertz CT molecular complexity index is 1010. The van der Waals surface area contributed by atoms with E-state index in [2.05, 4.69) is 11.9 Å². The summed E-state index contributed by atoms with van der Waals surface area (Å²) in [5.74, 6) is 0.697. The highest BCUT2D eigenvalue weighted by Gasteiger charge is 2.15. The van der Waals surface area contributed by atoms with Crippen LogP contribution in [0.4, 0.5) is 5.69 Å². The highest BCUT2D eigenvalue weighted by atomic mass is 35.5. The minimum absolute atomic E-state index is 0.0365. The average Bonchev–Trinajstić information content (AvgIpc) is 2.71. The SMILES string of the molecule is C=CCc1cc(/C=C(/C#N)C(=O)Nc2cc(Cl)ccc2C)cc(OCC)c1OCC. The first kappa shape index (κ1) is 23.1. The van der Waals surface area contributed by atoms with E-state index < -0.39 is 5.91 Å². The zero-order valence-corrected chi connectivity index (χ0v) is 18.2. The number of carbonyl (C=O) groups excluding carboxylic acids is 1. The fraction of sp³-hybridized carbons (Fsp3) is 0.250. The Morgan fingerprint density at radius 2 is 1.97 bits per heavy atom. The van der Waals surface area contributed by atoms with Crippen LogP contribution in [0.5, 0.6) is 11.5 Å². The molecule has 0 atom stereocenters. The third kappa shape index (κ3) is 5.88. The van der Waals surface area contributed by atoms with Crippen molar-refractivity contribution >= 4 is 29.3 Å². The molecule has 0 saturated carbocycles. The van der Waals surface area contributed by atoms with Crippen molar-refractivity contribution < 1.29 is 14.3 Å². The molecule has 0 aliphatic carbocycles. The largest absolute Gasteiger partial charge is 0.490 e. The lowest BCUT2D eigenvalue weighted by Crippen LogP contribution is -2.14. The molecule has 2 aromatic rings. The fourth-order valence-corrected chi connectivity index (χ4v) is 3.05. The number of allylic oxidation sites excluding steroid dienone is 1. The van der Waals surface area contributed by atoms with Gasteiger partial charge in [0.05, 0.1) is 13.2 Å². The minimum Gasteiger partial charge on any atom is -0.490 e. The van der Waals surface area contributed by atoms with E-state index in [0.29, 0.717) is 47.4 Å². The highest BCUT2D eigenvalue weighted by Crippen LogP contribution is 2.34. The third-order valence-corrected chi connectivity index (χ3v) is 4.47. The van der Waals surface area contributed by atoms with Gasteiger partial charge in [0.2, 0.25) is 0 Å². The van der Waals surface area contributed by atoms with E-state index in [1.165, 1.54) is 6.08 Å². The Morgan fingerprint density at radius 3 is 2.60 bits per heavy atom. The number of hydrogen-bond donors (Lipinski definition) is 1. The predicted molar refractivity (Wildman–Crippen MR) is 121 cm³/mol. The first-order chi connectivity index (χ1) is 14.4. The molecule has 0 bridgehead atoms. The van der Waals surface area contributed by atoms with Gasteiger partial charge in [0.1, 0.15) is 11.6 Å². The summed E-state index contributed by atoms with van der Waals surface area (Å²) in [7, 11) is 0. The van der Waals surface area contributed by atoms with Crippen molar-refractivity contribution in [2.45, 2.75) is 27.2 Å².